The third-order valence-corrected chi connectivity index (χ3v) is 2.41. The minimum Gasteiger partial charge on any atom is -0.335 e. The third kappa shape index (κ3) is 2.84. The molecule has 0 saturated heterocycles. The Morgan fingerprint density at radius 1 is 1.62 bits per heavy atom. The number of aromatic nitrogens is 2. The number of hydrogen-bond donors (Lipinski definition) is 1. The molecule has 13 heavy (non-hydrogen) atoms. The highest BCUT2D eigenvalue weighted by Crippen LogP contribution is 2.06. The van der Waals surface area contributed by atoms with Gasteiger partial charge in [-0.3, -0.25) is 0 Å². The zero-order chi connectivity index (χ0) is 9.68. The van der Waals surface area contributed by atoms with Crippen LogP contribution in [0, 0.1) is 5.92 Å². The molecule has 0 aliphatic carbocycles. The van der Waals surface area contributed by atoms with Gasteiger partial charge in [0.2, 0.25) is 0 Å². The van der Waals surface area contributed by atoms with E-state index in [9.17, 15) is 0 Å². The third-order valence-electron chi connectivity index (χ3n) is 2.41. The zero-order valence-electron chi connectivity index (χ0n) is 8.53. The van der Waals surface area contributed by atoms with Crippen LogP contribution >= 0.6 is 0 Å². The maximum atomic E-state index is 5.55. The van der Waals surface area contributed by atoms with E-state index in [0.717, 1.165) is 25.9 Å². The van der Waals surface area contributed by atoms with Gasteiger partial charge in [-0.05, 0) is 25.8 Å². The summed E-state index contributed by atoms with van der Waals surface area (Å²) in [5.41, 5.74) is 5.55. The van der Waals surface area contributed by atoms with Crippen molar-refractivity contribution in [3.63, 3.8) is 0 Å². The molecule has 2 N–H and O–H groups in total. The van der Waals surface area contributed by atoms with E-state index < -0.39 is 0 Å². The van der Waals surface area contributed by atoms with Crippen molar-refractivity contribution in [2.75, 3.05) is 6.54 Å². The summed E-state index contributed by atoms with van der Waals surface area (Å²) in [7, 11) is 0. The van der Waals surface area contributed by atoms with E-state index in [-0.39, 0.29) is 0 Å². The van der Waals surface area contributed by atoms with Gasteiger partial charge in [-0.25, -0.2) is 4.98 Å². The van der Waals surface area contributed by atoms with Gasteiger partial charge >= 0.3 is 0 Å². The fourth-order valence-electron chi connectivity index (χ4n) is 1.35. The molecule has 74 valence electrons. The molecule has 0 amide bonds. The normalized spacial score (nSPS) is 13.2. The first-order chi connectivity index (χ1) is 6.27. The molecule has 3 nitrogen and oxygen atoms in total. The minimum absolute atomic E-state index is 0.599. The molecule has 1 heterocycles. The topological polar surface area (TPSA) is 43.8 Å². The molecule has 3 heteroatoms. The summed E-state index contributed by atoms with van der Waals surface area (Å²) in [5, 5.41) is 0. The number of imidazole rings is 1. The van der Waals surface area contributed by atoms with Crippen LogP contribution in [0.25, 0.3) is 0 Å². The summed E-state index contributed by atoms with van der Waals surface area (Å²) in [6.07, 6.45) is 6.07. The van der Waals surface area contributed by atoms with Crippen LogP contribution in [-0.2, 0) is 13.0 Å². The fraction of sp³-hybridized carbons (Fsp3) is 0.700. The van der Waals surface area contributed by atoms with Crippen LogP contribution in [0.4, 0.5) is 0 Å². The van der Waals surface area contributed by atoms with Crippen molar-refractivity contribution in [1.82, 2.24) is 9.55 Å². The molecule has 0 aliphatic rings. The van der Waals surface area contributed by atoms with E-state index in [1.807, 2.05) is 12.4 Å². The van der Waals surface area contributed by atoms with Gasteiger partial charge in [-0.15, -0.1) is 0 Å². The van der Waals surface area contributed by atoms with Gasteiger partial charge in [0.25, 0.3) is 0 Å². The average molecular weight is 181 g/mol. The monoisotopic (exact) mass is 181 g/mol. The molecule has 0 spiro atoms. The van der Waals surface area contributed by atoms with Gasteiger partial charge in [0, 0.05) is 25.4 Å². The SMILES string of the molecule is CCn1ccnc1CCC(C)CN. The molecule has 0 fully saturated rings. The van der Waals surface area contributed by atoms with E-state index in [1.165, 1.54) is 5.82 Å². The van der Waals surface area contributed by atoms with Crippen molar-refractivity contribution < 1.29 is 0 Å². The van der Waals surface area contributed by atoms with Gasteiger partial charge in [-0.1, -0.05) is 6.92 Å². The molecule has 0 aliphatic heterocycles. The van der Waals surface area contributed by atoms with Crippen molar-refractivity contribution in [3.05, 3.63) is 18.2 Å². The average Bonchev–Trinajstić information content (AvgIpc) is 2.61. The molecule has 1 rings (SSSR count). The first-order valence-corrected chi connectivity index (χ1v) is 4.98. The Labute approximate surface area is 80.0 Å². The van der Waals surface area contributed by atoms with Crippen LogP contribution in [-0.4, -0.2) is 16.1 Å². The Morgan fingerprint density at radius 3 is 3.00 bits per heavy atom. The highest BCUT2D eigenvalue weighted by Gasteiger charge is 2.04. The Morgan fingerprint density at radius 2 is 2.38 bits per heavy atom. The van der Waals surface area contributed by atoms with Crippen LogP contribution in [0.3, 0.4) is 0 Å². The molecule has 0 radical (unpaired) electrons. The first kappa shape index (κ1) is 10.3. The van der Waals surface area contributed by atoms with Gasteiger partial charge in [0.1, 0.15) is 5.82 Å². The second-order valence-electron chi connectivity index (χ2n) is 3.51. The van der Waals surface area contributed by atoms with Crippen molar-refractivity contribution in [2.45, 2.75) is 33.2 Å². The quantitative estimate of drug-likeness (QED) is 0.746. The van der Waals surface area contributed by atoms with Crippen LogP contribution in [0.1, 0.15) is 26.1 Å². The molecule has 0 aromatic carbocycles. The smallest absolute Gasteiger partial charge is 0.108 e. The largest absolute Gasteiger partial charge is 0.335 e. The lowest BCUT2D eigenvalue weighted by atomic mass is 10.1. The summed E-state index contributed by atoms with van der Waals surface area (Å²) >= 11 is 0. The van der Waals surface area contributed by atoms with E-state index in [2.05, 4.69) is 23.4 Å². The van der Waals surface area contributed by atoms with Crippen LogP contribution in [0.5, 0.6) is 0 Å². The first-order valence-electron chi connectivity index (χ1n) is 4.98. The van der Waals surface area contributed by atoms with Gasteiger partial charge in [0.15, 0.2) is 0 Å². The van der Waals surface area contributed by atoms with Crippen LogP contribution in [0.2, 0.25) is 0 Å². The molecular weight excluding hydrogens is 162 g/mol. The number of hydrogen-bond acceptors (Lipinski definition) is 2. The maximum Gasteiger partial charge on any atom is 0.108 e. The summed E-state index contributed by atoms with van der Waals surface area (Å²) < 4.78 is 2.18. The zero-order valence-corrected chi connectivity index (χ0v) is 8.53. The Hall–Kier alpha value is -0.830. The standard InChI is InChI=1S/C10H19N3/c1-3-13-7-6-12-10(13)5-4-9(2)8-11/h6-7,9H,3-5,8,11H2,1-2H3. The Kier molecular flexibility index (Phi) is 3.96. The predicted molar refractivity (Wildman–Crippen MR) is 54.4 cm³/mol. The molecule has 0 saturated carbocycles. The van der Waals surface area contributed by atoms with Crippen molar-refractivity contribution in [3.8, 4) is 0 Å². The number of aryl methyl sites for hydroxylation is 2. The molecule has 1 aromatic heterocycles. The number of nitrogens with two attached hydrogens (primary N) is 1. The van der Waals surface area contributed by atoms with Crippen molar-refractivity contribution in [2.24, 2.45) is 11.7 Å². The van der Waals surface area contributed by atoms with Gasteiger partial charge in [-0.2, -0.15) is 0 Å². The van der Waals surface area contributed by atoms with Crippen molar-refractivity contribution in [1.29, 1.82) is 0 Å². The lowest BCUT2D eigenvalue weighted by Gasteiger charge is -2.08. The van der Waals surface area contributed by atoms with E-state index in [4.69, 9.17) is 5.73 Å². The summed E-state index contributed by atoms with van der Waals surface area (Å²) in [6.45, 7) is 6.09. The lowest BCUT2D eigenvalue weighted by molar-refractivity contribution is 0.525. The lowest BCUT2D eigenvalue weighted by Crippen LogP contribution is -2.12. The number of nitrogens with zero attached hydrogens (tertiary/aromatic N) is 2. The fourth-order valence-corrected chi connectivity index (χ4v) is 1.35. The number of rotatable bonds is 5. The summed E-state index contributed by atoms with van der Waals surface area (Å²) in [4.78, 5) is 4.32. The van der Waals surface area contributed by atoms with E-state index in [0.29, 0.717) is 5.92 Å². The second-order valence-corrected chi connectivity index (χ2v) is 3.51. The highest BCUT2D eigenvalue weighted by atomic mass is 15.0. The predicted octanol–water partition coefficient (Wildman–Crippen LogP) is 1.43. The van der Waals surface area contributed by atoms with Gasteiger partial charge < -0.3 is 10.3 Å². The van der Waals surface area contributed by atoms with Crippen molar-refractivity contribution >= 4 is 0 Å². The van der Waals surface area contributed by atoms with E-state index >= 15 is 0 Å². The molecule has 0 bridgehead atoms. The van der Waals surface area contributed by atoms with Crippen LogP contribution in [0.15, 0.2) is 12.4 Å². The molecule has 1 unspecified atom stereocenters. The molecular formula is C10H19N3. The van der Waals surface area contributed by atoms with Crippen LogP contribution < -0.4 is 5.73 Å². The molecule has 1 aromatic rings. The Bertz CT molecular complexity index is 242. The van der Waals surface area contributed by atoms with E-state index in [1.54, 1.807) is 0 Å². The summed E-state index contributed by atoms with van der Waals surface area (Å²) in [5.74, 6) is 1.78. The van der Waals surface area contributed by atoms with Gasteiger partial charge in [0.05, 0.1) is 0 Å². The Balaban J connectivity index is 2.44. The minimum atomic E-state index is 0.599. The maximum absolute atomic E-state index is 5.55. The highest BCUT2D eigenvalue weighted by molar-refractivity contribution is 4.92. The molecule has 1 atom stereocenters. The second kappa shape index (κ2) is 5.02. The summed E-state index contributed by atoms with van der Waals surface area (Å²) in [6, 6.07) is 0.